The summed E-state index contributed by atoms with van der Waals surface area (Å²) in [5.74, 6) is 2.17. The second-order valence-corrected chi connectivity index (χ2v) is 9.76. The van der Waals surface area contributed by atoms with Gasteiger partial charge in [-0.2, -0.15) is 0 Å². The van der Waals surface area contributed by atoms with Crippen LogP contribution in [0.2, 0.25) is 0 Å². The Morgan fingerprint density at radius 3 is 2.14 bits per heavy atom. The quantitative estimate of drug-likeness (QED) is 0.468. The van der Waals surface area contributed by atoms with Gasteiger partial charge in [0.05, 0.1) is 0 Å². The molecule has 0 bridgehead atoms. The molecule has 1 saturated heterocycles. The lowest BCUT2D eigenvalue weighted by atomic mass is 9.84. The maximum absolute atomic E-state index is 2.37. The highest BCUT2D eigenvalue weighted by molar-refractivity contribution is 7.38. The fourth-order valence-electron chi connectivity index (χ4n) is 4.76. The van der Waals surface area contributed by atoms with Gasteiger partial charge < -0.3 is 0 Å². The summed E-state index contributed by atoms with van der Waals surface area (Å²) in [4.78, 5) is 0. The normalized spacial score (nSPS) is 31.5. The first-order chi connectivity index (χ1) is 10.9. The van der Waals surface area contributed by atoms with Crippen LogP contribution in [0.4, 0.5) is 0 Å². The predicted molar refractivity (Wildman–Crippen MR) is 103 cm³/mol. The second-order valence-electron chi connectivity index (χ2n) is 8.11. The van der Waals surface area contributed by atoms with Gasteiger partial charge in [0.1, 0.15) is 0 Å². The van der Waals surface area contributed by atoms with Crippen LogP contribution in [0.1, 0.15) is 110 Å². The third kappa shape index (κ3) is 7.33. The van der Waals surface area contributed by atoms with Crippen LogP contribution < -0.4 is 0 Å². The molecule has 0 radical (unpaired) electrons. The van der Waals surface area contributed by atoms with Crippen LogP contribution in [0.25, 0.3) is 0 Å². The van der Waals surface area contributed by atoms with Crippen LogP contribution in [-0.2, 0) is 0 Å². The highest BCUT2D eigenvalue weighted by Gasteiger charge is 2.25. The van der Waals surface area contributed by atoms with Crippen LogP contribution in [0.3, 0.4) is 0 Å². The summed E-state index contributed by atoms with van der Waals surface area (Å²) in [5, 5.41) is 0. The first kappa shape index (κ1) is 18.8. The smallest absolute Gasteiger partial charge is 0.0206 e. The van der Waals surface area contributed by atoms with Crippen molar-refractivity contribution in [1.82, 2.24) is 0 Å². The van der Waals surface area contributed by atoms with Gasteiger partial charge in [0.2, 0.25) is 0 Å². The Morgan fingerprint density at radius 1 is 0.773 bits per heavy atom. The minimum atomic E-state index is 1.07. The minimum absolute atomic E-state index is 1.07. The van der Waals surface area contributed by atoms with Crippen LogP contribution in [0.15, 0.2) is 0 Å². The SMILES string of the molecule is CCCCC1CCCCCPC(C2CCCCCCCC2)C1. The van der Waals surface area contributed by atoms with Gasteiger partial charge in [-0.05, 0) is 49.3 Å². The summed E-state index contributed by atoms with van der Waals surface area (Å²) >= 11 is 0. The first-order valence-corrected chi connectivity index (χ1v) is 11.9. The molecule has 1 heteroatoms. The van der Waals surface area contributed by atoms with Crippen molar-refractivity contribution in [2.45, 2.75) is 115 Å². The average molecular weight is 325 g/mol. The molecule has 0 nitrogen and oxygen atoms in total. The highest BCUT2D eigenvalue weighted by atomic mass is 31.1. The van der Waals surface area contributed by atoms with Gasteiger partial charge in [0.25, 0.3) is 0 Å². The molecular formula is C21H41P. The van der Waals surface area contributed by atoms with Crippen molar-refractivity contribution in [3.8, 4) is 0 Å². The van der Waals surface area contributed by atoms with Crippen molar-refractivity contribution >= 4 is 8.58 Å². The van der Waals surface area contributed by atoms with Gasteiger partial charge in [0, 0.05) is 0 Å². The zero-order chi connectivity index (χ0) is 15.5. The Labute approximate surface area is 142 Å². The van der Waals surface area contributed by atoms with E-state index in [2.05, 4.69) is 6.92 Å². The van der Waals surface area contributed by atoms with Crippen molar-refractivity contribution in [3.63, 3.8) is 0 Å². The molecule has 0 amide bonds. The molecule has 1 heterocycles. The second kappa shape index (κ2) is 11.9. The molecule has 0 aromatic rings. The van der Waals surface area contributed by atoms with E-state index >= 15 is 0 Å². The number of hydrogen-bond donors (Lipinski definition) is 0. The molecule has 130 valence electrons. The summed E-state index contributed by atoms with van der Waals surface area (Å²) < 4.78 is 0. The zero-order valence-corrected chi connectivity index (χ0v) is 16.3. The Balaban J connectivity index is 1.92. The summed E-state index contributed by atoms with van der Waals surface area (Å²) in [6.45, 7) is 2.37. The fourth-order valence-corrected chi connectivity index (χ4v) is 6.76. The van der Waals surface area contributed by atoms with Crippen molar-refractivity contribution in [3.05, 3.63) is 0 Å². The van der Waals surface area contributed by atoms with E-state index in [0.29, 0.717) is 0 Å². The summed E-state index contributed by atoms with van der Waals surface area (Å²) in [6, 6.07) is 0. The van der Waals surface area contributed by atoms with Crippen molar-refractivity contribution in [2.24, 2.45) is 11.8 Å². The number of unbranched alkanes of at least 4 members (excludes halogenated alkanes) is 1. The Hall–Kier alpha value is 0.430. The molecular weight excluding hydrogens is 283 g/mol. The lowest BCUT2D eigenvalue weighted by molar-refractivity contribution is 0.327. The summed E-state index contributed by atoms with van der Waals surface area (Å²) in [6.07, 6.45) is 26.0. The van der Waals surface area contributed by atoms with E-state index in [0.717, 1.165) is 17.5 Å². The van der Waals surface area contributed by atoms with Crippen molar-refractivity contribution in [2.75, 3.05) is 6.16 Å². The van der Waals surface area contributed by atoms with Crippen molar-refractivity contribution < 1.29 is 0 Å². The molecule has 3 unspecified atom stereocenters. The Kier molecular flexibility index (Phi) is 10.1. The first-order valence-electron chi connectivity index (χ1n) is 10.6. The molecule has 2 rings (SSSR count). The molecule has 1 saturated carbocycles. The van der Waals surface area contributed by atoms with E-state index in [1.807, 2.05) is 0 Å². The Morgan fingerprint density at radius 2 is 1.41 bits per heavy atom. The van der Waals surface area contributed by atoms with E-state index in [4.69, 9.17) is 0 Å². The molecule has 0 aromatic heterocycles. The molecule has 22 heavy (non-hydrogen) atoms. The van der Waals surface area contributed by atoms with Gasteiger partial charge in [-0.25, -0.2) is 0 Å². The monoisotopic (exact) mass is 324 g/mol. The van der Waals surface area contributed by atoms with E-state index in [-0.39, 0.29) is 0 Å². The lowest BCUT2D eigenvalue weighted by Crippen LogP contribution is -2.20. The van der Waals surface area contributed by atoms with Gasteiger partial charge in [-0.1, -0.05) is 84.0 Å². The van der Waals surface area contributed by atoms with Gasteiger partial charge in [-0.15, -0.1) is 8.58 Å². The molecule has 0 spiro atoms. The summed E-state index contributed by atoms with van der Waals surface area (Å²) in [5.41, 5.74) is 1.11. The summed E-state index contributed by atoms with van der Waals surface area (Å²) in [7, 11) is 1.29. The third-order valence-corrected chi connectivity index (χ3v) is 8.09. The maximum atomic E-state index is 2.37. The average Bonchev–Trinajstić information content (AvgIpc) is 2.74. The van der Waals surface area contributed by atoms with E-state index < -0.39 is 0 Å². The minimum Gasteiger partial charge on any atom is -0.119 e. The number of rotatable bonds is 4. The van der Waals surface area contributed by atoms with Crippen LogP contribution in [0, 0.1) is 11.8 Å². The topological polar surface area (TPSA) is 0 Å². The van der Waals surface area contributed by atoms with Crippen LogP contribution in [0.5, 0.6) is 0 Å². The molecule has 2 aliphatic rings. The zero-order valence-electron chi connectivity index (χ0n) is 15.3. The maximum Gasteiger partial charge on any atom is -0.0206 e. The molecule has 1 aliphatic heterocycles. The molecule has 3 atom stereocenters. The standard InChI is InChI=1S/C21H41P/c1-2-3-13-19-14-9-8-12-17-22-21(18-19)20-15-10-6-4-5-7-11-16-20/h19-22H,2-18H2,1H3. The number of hydrogen-bond acceptors (Lipinski definition) is 0. The Bertz CT molecular complexity index is 253. The van der Waals surface area contributed by atoms with Gasteiger partial charge in [-0.3, -0.25) is 0 Å². The van der Waals surface area contributed by atoms with Gasteiger partial charge >= 0.3 is 0 Å². The molecule has 0 aromatic carbocycles. The lowest BCUT2D eigenvalue weighted by Gasteiger charge is -2.30. The van der Waals surface area contributed by atoms with Crippen LogP contribution >= 0.6 is 8.58 Å². The fraction of sp³-hybridized carbons (Fsp3) is 1.00. The van der Waals surface area contributed by atoms with E-state index in [9.17, 15) is 0 Å². The third-order valence-electron chi connectivity index (χ3n) is 6.22. The molecule has 1 aliphatic carbocycles. The molecule has 2 fully saturated rings. The van der Waals surface area contributed by atoms with E-state index in [1.54, 1.807) is 31.8 Å². The largest absolute Gasteiger partial charge is 0.119 e. The predicted octanol–water partition coefficient (Wildman–Crippen LogP) is 7.55. The molecule has 0 N–H and O–H groups in total. The highest BCUT2D eigenvalue weighted by Crippen LogP contribution is 2.41. The van der Waals surface area contributed by atoms with Crippen molar-refractivity contribution in [1.29, 1.82) is 0 Å². The van der Waals surface area contributed by atoms with E-state index in [1.165, 1.54) is 85.6 Å². The van der Waals surface area contributed by atoms with Crippen LogP contribution in [-0.4, -0.2) is 11.8 Å². The van der Waals surface area contributed by atoms with Gasteiger partial charge in [0.15, 0.2) is 0 Å².